The van der Waals surface area contributed by atoms with E-state index in [-0.39, 0.29) is 0 Å². The maximum absolute atomic E-state index is 6.31. The van der Waals surface area contributed by atoms with Crippen molar-refractivity contribution in [1.82, 2.24) is 10.3 Å². The summed E-state index contributed by atoms with van der Waals surface area (Å²) in [6, 6.07) is 13.8. The number of aromatic nitrogens is 1. The van der Waals surface area contributed by atoms with Gasteiger partial charge in [-0.2, -0.15) is 0 Å². The molecule has 1 saturated heterocycles. The minimum Gasteiger partial charge on any atom is -0.496 e. The first kappa shape index (κ1) is 20.7. The molecular formula is C23H26ClN3O3. The second-order valence-electron chi connectivity index (χ2n) is 7.13. The first-order valence-corrected chi connectivity index (χ1v) is 10.4. The number of ether oxygens (including phenoxy) is 3. The Hall–Kier alpha value is -2.54. The Morgan fingerprint density at radius 3 is 2.43 bits per heavy atom. The molecule has 0 amide bonds. The van der Waals surface area contributed by atoms with Crippen molar-refractivity contribution in [2.75, 3.05) is 45.4 Å². The van der Waals surface area contributed by atoms with Crippen molar-refractivity contribution in [2.24, 2.45) is 0 Å². The predicted molar refractivity (Wildman–Crippen MR) is 120 cm³/mol. The second kappa shape index (κ2) is 9.51. The molecule has 0 spiro atoms. The van der Waals surface area contributed by atoms with Gasteiger partial charge in [0.2, 0.25) is 0 Å². The molecule has 3 aromatic rings. The maximum Gasteiger partial charge on any atom is 0.145 e. The Kier molecular flexibility index (Phi) is 6.57. The second-order valence-corrected chi connectivity index (χ2v) is 7.54. The maximum atomic E-state index is 6.31. The number of halogens is 1. The number of fused-ring (bicyclic) bond motifs is 1. The van der Waals surface area contributed by atoms with Crippen molar-refractivity contribution in [2.45, 2.75) is 13.1 Å². The van der Waals surface area contributed by atoms with Gasteiger partial charge in [0, 0.05) is 42.2 Å². The molecule has 7 heteroatoms. The van der Waals surface area contributed by atoms with Crippen LogP contribution in [0.25, 0.3) is 10.9 Å². The lowest BCUT2D eigenvalue weighted by molar-refractivity contribution is 0.122. The van der Waals surface area contributed by atoms with Gasteiger partial charge in [-0.25, -0.2) is 4.98 Å². The summed E-state index contributed by atoms with van der Waals surface area (Å²) in [5, 5.41) is 5.21. The van der Waals surface area contributed by atoms with Crippen LogP contribution in [0.1, 0.15) is 11.1 Å². The summed E-state index contributed by atoms with van der Waals surface area (Å²) in [4.78, 5) is 7.29. The highest BCUT2D eigenvalue weighted by Crippen LogP contribution is 2.35. The van der Waals surface area contributed by atoms with Gasteiger partial charge < -0.3 is 24.4 Å². The summed E-state index contributed by atoms with van der Waals surface area (Å²) >= 11 is 6.31. The molecule has 4 rings (SSSR count). The number of benzene rings is 2. The van der Waals surface area contributed by atoms with E-state index in [2.05, 4.69) is 16.3 Å². The van der Waals surface area contributed by atoms with E-state index in [0.717, 1.165) is 57.5 Å². The molecule has 1 N–H and O–H groups in total. The summed E-state index contributed by atoms with van der Waals surface area (Å²) < 4.78 is 16.7. The van der Waals surface area contributed by atoms with Crippen molar-refractivity contribution in [3.05, 3.63) is 58.6 Å². The first-order chi connectivity index (χ1) is 14.7. The third kappa shape index (κ3) is 4.31. The lowest BCUT2D eigenvalue weighted by atomic mass is 10.1. The third-order valence-electron chi connectivity index (χ3n) is 5.30. The summed E-state index contributed by atoms with van der Waals surface area (Å²) in [7, 11) is 3.34. The summed E-state index contributed by atoms with van der Waals surface area (Å²) in [6.07, 6.45) is 0. The predicted octanol–water partition coefficient (Wildman–Crippen LogP) is 4.03. The van der Waals surface area contributed by atoms with Crippen molar-refractivity contribution in [3.8, 4) is 11.5 Å². The van der Waals surface area contributed by atoms with Crippen molar-refractivity contribution in [1.29, 1.82) is 0 Å². The molecule has 0 radical (unpaired) electrons. The molecule has 1 aliphatic rings. The number of nitrogens with zero attached hydrogens (tertiary/aromatic N) is 2. The highest BCUT2D eigenvalue weighted by molar-refractivity contribution is 6.31. The van der Waals surface area contributed by atoms with E-state index in [1.165, 1.54) is 0 Å². The average Bonchev–Trinajstić information content (AvgIpc) is 2.79. The molecule has 6 nitrogen and oxygen atoms in total. The Morgan fingerprint density at radius 1 is 1.00 bits per heavy atom. The molecule has 158 valence electrons. The van der Waals surface area contributed by atoms with Crippen LogP contribution in [-0.4, -0.2) is 45.5 Å². The van der Waals surface area contributed by atoms with Crippen LogP contribution >= 0.6 is 11.6 Å². The van der Waals surface area contributed by atoms with Crippen molar-refractivity contribution >= 4 is 28.3 Å². The number of rotatable bonds is 7. The Labute approximate surface area is 181 Å². The lowest BCUT2D eigenvalue weighted by Crippen LogP contribution is -2.37. The fourth-order valence-electron chi connectivity index (χ4n) is 3.74. The normalized spacial score (nSPS) is 14.2. The average molecular weight is 428 g/mol. The highest BCUT2D eigenvalue weighted by atomic mass is 35.5. The summed E-state index contributed by atoms with van der Waals surface area (Å²) in [6.45, 7) is 4.34. The minimum atomic E-state index is 0.654. The molecule has 1 aliphatic heterocycles. The molecule has 1 fully saturated rings. The molecular weight excluding hydrogens is 402 g/mol. The molecule has 0 atom stereocenters. The number of methoxy groups -OCH3 is 2. The first-order valence-electron chi connectivity index (χ1n) is 10.0. The number of pyridine rings is 1. The van der Waals surface area contributed by atoms with Crippen LogP contribution < -0.4 is 19.7 Å². The third-order valence-corrected chi connectivity index (χ3v) is 5.67. The van der Waals surface area contributed by atoms with Gasteiger partial charge in [-0.1, -0.05) is 29.8 Å². The van der Waals surface area contributed by atoms with Gasteiger partial charge in [0.15, 0.2) is 0 Å². The zero-order valence-corrected chi connectivity index (χ0v) is 18.0. The number of anilines is 1. The fraction of sp³-hybridized carbons (Fsp3) is 0.348. The van der Waals surface area contributed by atoms with Gasteiger partial charge >= 0.3 is 0 Å². The molecule has 0 aliphatic carbocycles. The smallest absolute Gasteiger partial charge is 0.145 e. The molecule has 1 aromatic heterocycles. The van der Waals surface area contributed by atoms with Crippen molar-refractivity contribution in [3.63, 3.8) is 0 Å². The van der Waals surface area contributed by atoms with E-state index in [4.69, 9.17) is 30.8 Å². The van der Waals surface area contributed by atoms with E-state index < -0.39 is 0 Å². The van der Waals surface area contributed by atoms with Gasteiger partial charge in [0.1, 0.15) is 22.8 Å². The zero-order valence-electron chi connectivity index (χ0n) is 17.3. The fourth-order valence-corrected chi connectivity index (χ4v) is 3.94. The van der Waals surface area contributed by atoms with Gasteiger partial charge in [-0.05, 0) is 29.8 Å². The Bertz CT molecular complexity index is 1020. The van der Waals surface area contributed by atoms with Crippen LogP contribution in [0.5, 0.6) is 11.5 Å². The van der Waals surface area contributed by atoms with Gasteiger partial charge in [-0.3, -0.25) is 0 Å². The van der Waals surface area contributed by atoms with Gasteiger partial charge in [0.05, 0.1) is 27.4 Å². The van der Waals surface area contributed by atoms with Crippen LogP contribution in [0, 0.1) is 0 Å². The number of nitrogens with one attached hydrogen (secondary N) is 1. The topological polar surface area (TPSA) is 55.9 Å². The molecule has 0 bridgehead atoms. The van der Waals surface area contributed by atoms with E-state index in [1.807, 2.05) is 36.4 Å². The lowest BCUT2D eigenvalue weighted by Gasteiger charge is -2.30. The highest BCUT2D eigenvalue weighted by Gasteiger charge is 2.20. The van der Waals surface area contributed by atoms with Gasteiger partial charge in [-0.15, -0.1) is 0 Å². The van der Waals surface area contributed by atoms with E-state index >= 15 is 0 Å². The van der Waals surface area contributed by atoms with E-state index in [1.54, 1.807) is 14.2 Å². The molecule has 0 saturated carbocycles. The standard InChI is InChI=1S/C23H26ClN3O3/c1-28-20-7-8-21(29-2)22-18(20)13-17(23(26-22)27-9-11-30-12-10-27)15-25-14-16-5-3-4-6-19(16)24/h3-8,13,25H,9-12,14-15H2,1-2H3. The summed E-state index contributed by atoms with van der Waals surface area (Å²) in [5.41, 5.74) is 2.97. The Balaban J connectivity index is 1.70. The van der Waals surface area contributed by atoms with Crippen molar-refractivity contribution < 1.29 is 14.2 Å². The van der Waals surface area contributed by atoms with Crippen LogP contribution in [0.3, 0.4) is 0 Å². The molecule has 2 aromatic carbocycles. The zero-order chi connectivity index (χ0) is 20.9. The molecule has 0 unspecified atom stereocenters. The summed E-state index contributed by atoms with van der Waals surface area (Å²) in [5.74, 6) is 2.46. The molecule has 2 heterocycles. The van der Waals surface area contributed by atoms with Crippen LogP contribution in [0.15, 0.2) is 42.5 Å². The monoisotopic (exact) mass is 427 g/mol. The minimum absolute atomic E-state index is 0.654. The number of hydrogen-bond donors (Lipinski definition) is 1. The van der Waals surface area contributed by atoms with Crippen LogP contribution in [0.2, 0.25) is 5.02 Å². The van der Waals surface area contributed by atoms with Gasteiger partial charge in [0.25, 0.3) is 0 Å². The largest absolute Gasteiger partial charge is 0.496 e. The molecule has 30 heavy (non-hydrogen) atoms. The Morgan fingerprint density at radius 2 is 1.70 bits per heavy atom. The number of hydrogen-bond acceptors (Lipinski definition) is 6. The SMILES string of the molecule is COc1ccc(OC)c2nc(N3CCOCC3)c(CNCc3ccccc3Cl)cc12. The quantitative estimate of drug-likeness (QED) is 0.614. The van der Waals surface area contributed by atoms with Crippen LogP contribution in [0.4, 0.5) is 5.82 Å². The number of morpholine rings is 1. The van der Waals surface area contributed by atoms with E-state index in [9.17, 15) is 0 Å². The van der Waals surface area contributed by atoms with E-state index in [0.29, 0.717) is 26.3 Å². The van der Waals surface area contributed by atoms with Crippen LogP contribution in [-0.2, 0) is 17.8 Å².